The van der Waals surface area contributed by atoms with Gasteiger partial charge in [-0.3, -0.25) is 4.90 Å². The Morgan fingerprint density at radius 3 is 2.64 bits per heavy atom. The number of hydrogen-bond donors (Lipinski definition) is 2. The summed E-state index contributed by atoms with van der Waals surface area (Å²) < 4.78 is 5.26. The molecule has 5 heteroatoms. The van der Waals surface area contributed by atoms with Crippen molar-refractivity contribution in [2.24, 2.45) is 0 Å². The molecule has 0 aliphatic carbocycles. The Bertz CT molecular complexity index is 213. The maximum atomic E-state index is 10.9. The second-order valence-electron chi connectivity index (χ2n) is 3.89. The number of rotatable bonds is 0. The second-order valence-corrected chi connectivity index (χ2v) is 3.89. The lowest BCUT2D eigenvalue weighted by atomic mass is 10.0. The average Bonchev–Trinajstić information content (AvgIpc) is 2.62. The minimum atomic E-state index is -0.266. The molecule has 14 heavy (non-hydrogen) atoms. The average molecular weight is 218 g/mol. The largest absolute Gasteiger partial charge is 0.440 e. The van der Waals surface area contributed by atoms with Crippen LogP contribution in [-0.4, -0.2) is 49.0 Å². The van der Waals surface area contributed by atoms with E-state index in [2.05, 4.69) is 36.8 Å². The SMILES string of the molecule is CC1CC2(CNC(=O)O2)CN1C.CS. The van der Waals surface area contributed by atoms with Gasteiger partial charge in [-0.05, 0) is 20.2 Å². The van der Waals surface area contributed by atoms with Crippen LogP contribution in [0, 0.1) is 0 Å². The summed E-state index contributed by atoms with van der Waals surface area (Å²) in [5.74, 6) is 0. The lowest BCUT2D eigenvalue weighted by Gasteiger charge is -2.18. The van der Waals surface area contributed by atoms with Gasteiger partial charge >= 0.3 is 6.09 Å². The van der Waals surface area contributed by atoms with Crippen LogP contribution >= 0.6 is 12.6 Å². The van der Waals surface area contributed by atoms with Gasteiger partial charge in [0.15, 0.2) is 0 Å². The molecule has 2 atom stereocenters. The maximum absolute atomic E-state index is 10.9. The van der Waals surface area contributed by atoms with E-state index in [-0.39, 0.29) is 11.7 Å². The topological polar surface area (TPSA) is 41.6 Å². The molecule has 1 spiro atoms. The number of nitrogens with zero attached hydrogens (tertiary/aromatic N) is 1. The molecule has 4 nitrogen and oxygen atoms in total. The van der Waals surface area contributed by atoms with Gasteiger partial charge in [0.2, 0.25) is 0 Å². The summed E-state index contributed by atoms with van der Waals surface area (Å²) in [5, 5.41) is 2.71. The number of likely N-dealkylation sites (tertiary alicyclic amines) is 1. The van der Waals surface area contributed by atoms with E-state index in [0.717, 1.165) is 13.0 Å². The van der Waals surface area contributed by atoms with Crippen LogP contribution in [0.25, 0.3) is 0 Å². The van der Waals surface area contributed by atoms with Crippen LogP contribution in [0.3, 0.4) is 0 Å². The van der Waals surface area contributed by atoms with Crippen molar-refractivity contribution in [1.82, 2.24) is 10.2 Å². The molecule has 0 aromatic carbocycles. The van der Waals surface area contributed by atoms with Crippen molar-refractivity contribution in [2.45, 2.75) is 25.0 Å². The molecule has 2 unspecified atom stereocenters. The predicted octanol–water partition coefficient (Wildman–Crippen LogP) is 0.735. The zero-order chi connectivity index (χ0) is 10.8. The zero-order valence-corrected chi connectivity index (χ0v) is 9.80. The van der Waals surface area contributed by atoms with E-state index in [4.69, 9.17) is 4.74 Å². The minimum Gasteiger partial charge on any atom is -0.440 e. The summed E-state index contributed by atoms with van der Waals surface area (Å²) >= 11 is 3.53. The third-order valence-electron chi connectivity index (χ3n) is 2.82. The first kappa shape index (κ1) is 11.7. The normalized spacial score (nSPS) is 36.3. The number of nitrogens with one attached hydrogen (secondary N) is 1. The van der Waals surface area contributed by atoms with Gasteiger partial charge in [-0.1, -0.05) is 0 Å². The summed E-state index contributed by atoms with van der Waals surface area (Å²) in [6.07, 6.45) is 2.37. The molecule has 2 saturated heterocycles. The van der Waals surface area contributed by atoms with Crippen molar-refractivity contribution in [2.75, 3.05) is 26.4 Å². The Kier molecular flexibility index (Phi) is 3.66. The first-order chi connectivity index (χ1) is 6.61. The van der Waals surface area contributed by atoms with Crippen LogP contribution in [0.15, 0.2) is 0 Å². The highest BCUT2D eigenvalue weighted by Crippen LogP contribution is 2.31. The smallest absolute Gasteiger partial charge is 0.407 e. The fourth-order valence-electron chi connectivity index (χ4n) is 2.07. The van der Waals surface area contributed by atoms with Crippen LogP contribution in [0.2, 0.25) is 0 Å². The number of alkyl carbamates (subject to hydrolysis) is 1. The molecule has 2 heterocycles. The van der Waals surface area contributed by atoms with E-state index < -0.39 is 0 Å². The molecule has 0 aromatic rings. The van der Waals surface area contributed by atoms with Crippen LogP contribution in [0.1, 0.15) is 13.3 Å². The van der Waals surface area contributed by atoms with Crippen molar-refractivity contribution < 1.29 is 9.53 Å². The second kappa shape index (κ2) is 4.40. The molecule has 1 N–H and O–H groups in total. The number of carbonyl (C=O) groups is 1. The third kappa shape index (κ3) is 2.15. The number of thiol groups is 1. The lowest BCUT2D eigenvalue weighted by molar-refractivity contribution is 0.0656. The maximum Gasteiger partial charge on any atom is 0.407 e. The Morgan fingerprint density at radius 1 is 1.64 bits per heavy atom. The van der Waals surface area contributed by atoms with E-state index in [9.17, 15) is 4.79 Å². The minimum absolute atomic E-state index is 0.231. The van der Waals surface area contributed by atoms with Gasteiger partial charge < -0.3 is 10.1 Å². The third-order valence-corrected chi connectivity index (χ3v) is 2.82. The molecule has 0 radical (unpaired) electrons. The molecule has 2 fully saturated rings. The summed E-state index contributed by atoms with van der Waals surface area (Å²) in [4.78, 5) is 13.1. The highest BCUT2D eigenvalue weighted by Gasteiger charge is 2.47. The molecule has 2 aliphatic heterocycles. The fraction of sp³-hybridized carbons (Fsp3) is 0.889. The zero-order valence-electron chi connectivity index (χ0n) is 8.91. The standard InChI is InChI=1S/C8H14N2O2.CH4S/c1-6-3-8(5-10(6)2)4-9-7(11)12-8;1-2/h6H,3-5H2,1-2H3,(H,9,11);2H,1H3. The number of amides is 1. The van der Waals surface area contributed by atoms with E-state index in [1.165, 1.54) is 0 Å². The molecule has 1 amide bonds. The van der Waals surface area contributed by atoms with Gasteiger partial charge in [-0.2, -0.15) is 12.6 Å². The van der Waals surface area contributed by atoms with Crippen LogP contribution in [0.5, 0.6) is 0 Å². The first-order valence-electron chi connectivity index (χ1n) is 4.73. The number of ether oxygens (including phenoxy) is 1. The van der Waals surface area contributed by atoms with E-state index in [0.29, 0.717) is 12.6 Å². The first-order valence-corrected chi connectivity index (χ1v) is 5.63. The number of hydrogen-bond acceptors (Lipinski definition) is 4. The molecule has 82 valence electrons. The Balaban J connectivity index is 0.000000461. The fourth-order valence-corrected chi connectivity index (χ4v) is 2.07. The van der Waals surface area contributed by atoms with Crippen LogP contribution in [-0.2, 0) is 4.74 Å². The van der Waals surface area contributed by atoms with Crippen molar-refractivity contribution in [3.63, 3.8) is 0 Å². The van der Waals surface area contributed by atoms with Crippen molar-refractivity contribution in [3.05, 3.63) is 0 Å². The van der Waals surface area contributed by atoms with Crippen LogP contribution < -0.4 is 5.32 Å². The van der Waals surface area contributed by atoms with Crippen molar-refractivity contribution >= 4 is 18.7 Å². The highest BCUT2D eigenvalue weighted by atomic mass is 32.1. The molecule has 0 saturated carbocycles. The van der Waals surface area contributed by atoms with E-state index in [1.807, 2.05) is 0 Å². The van der Waals surface area contributed by atoms with Gasteiger partial charge in [0.05, 0.1) is 6.54 Å². The summed E-state index contributed by atoms with van der Waals surface area (Å²) in [5.41, 5.74) is -0.231. The molecule has 0 aromatic heterocycles. The van der Waals surface area contributed by atoms with Crippen LogP contribution in [0.4, 0.5) is 4.79 Å². The summed E-state index contributed by atoms with van der Waals surface area (Å²) in [6, 6.07) is 0.512. The molecule has 2 aliphatic rings. The van der Waals surface area contributed by atoms with Gasteiger partial charge in [0, 0.05) is 19.0 Å². The molecule has 0 bridgehead atoms. The quantitative estimate of drug-likeness (QED) is 0.589. The molecule has 2 rings (SSSR count). The monoisotopic (exact) mass is 218 g/mol. The number of likely N-dealkylation sites (N-methyl/N-ethyl adjacent to an activating group) is 1. The lowest BCUT2D eigenvalue weighted by Crippen LogP contribution is -2.35. The van der Waals surface area contributed by atoms with E-state index >= 15 is 0 Å². The van der Waals surface area contributed by atoms with Crippen molar-refractivity contribution in [1.29, 1.82) is 0 Å². The molecular weight excluding hydrogens is 200 g/mol. The summed E-state index contributed by atoms with van der Waals surface area (Å²) in [7, 11) is 2.06. The van der Waals surface area contributed by atoms with Gasteiger partial charge in [-0.25, -0.2) is 4.79 Å². The Hall–Kier alpha value is -0.420. The van der Waals surface area contributed by atoms with E-state index in [1.54, 1.807) is 6.26 Å². The molecular formula is C9H18N2O2S. The Morgan fingerprint density at radius 2 is 2.29 bits per heavy atom. The van der Waals surface area contributed by atoms with Gasteiger partial charge in [0.25, 0.3) is 0 Å². The predicted molar refractivity (Wildman–Crippen MR) is 58.8 cm³/mol. The highest BCUT2D eigenvalue weighted by molar-refractivity contribution is 7.79. The number of carbonyl (C=O) groups excluding carboxylic acids is 1. The van der Waals surface area contributed by atoms with Gasteiger partial charge in [-0.15, -0.1) is 0 Å². The van der Waals surface area contributed by atoms with Gasteiger partial charge in [0.1, 0.15) is 5.60 Å². The Labute approximate surface area is 90.4 Å². The summed E-state index contributed by atoms with van der Waals surface area (Å²) in [6.45, 7) is 3.67. The van der Waals surface area contributed by atoms with Crippen molar-refractivity contribution in [3.8, 4) is 0 Å².